The number of halogens is 2. The molecule has 0 radical (unpaired) electrons. The summed E-state index contributed by atoms with van der Waals surface area (Å²) < 4.78 is 32.5. The SMILES string of the molecule is Cc1cccc(COc2ccc(C=C(NC(=O)c3ccc(F)cc3F)C(=O)O)cc2)c1. The lowest BCUT2D eigenvalue weighted by Crippen LogP contribution is -2.28. The smallest absolute Gasteiger partial charge is 0.352 e. The van der Waals surface area contributed by atoms with E-state index in [2.05, 4.69) is 5.32 Å². The Labute approximate surface area is 177 Å². The molecule has 0 bridgehead atoms. The van der Waals surface area contributed by atoms with Crippen molar-refractivity contribution >= 4 is 18.0 Å². The third-order valence-electron chi connectivity index (χ3n) is 4.33. The first-order valence-electron chi connectivity index (χ1n) is 9.31. The molecule has 2 N–H and O–H groups in total. The summed E-state index contributed by atoms with van der Waals surface area (Å²) in [6.45, 7) is 2.38. The molecule has 7 heteroatoms. The van der Waals surface area contributed by atoms with E-state index in [1.165, 1.54) is 6.08 Å². The molecule has 0 spiro atoms. The third-order valence-corrected chi connectivity index (χ3v) is 4.33. The summed E-state index contributed by atoms with van der Waals surface area (Å²) in [6, 6.07) is 16.9. The van der Waals surface area contributed by atoms with Gasteiger partial charge in [0, 0.05) is 6.07 Å². The Kier molecular flexibility index (Phi) is 6.77. The van der Waals surface area contributed by atoms with Crippen LogP contribution in [-0.2, 0) is 11.4 Å². The molecule has 0 aliphatic carbocycles. The Hall–Kier alpha value is -4.00. The van der Waals surface area contributed by atoms with Gasteiger partial charge in [0.05, 0.1) is 5.56 Å². The maximum Gasteiger partial charge on any atom is 0.352 e. The molecule has 0 saturated carbocycles. The summed E-state index contributed by atoms with van der Waals surface area (Å²) in [5.41, 5.74) is 1.72. The Morgan fingerprint density at radius 3 is 2.42 bits per heavy atom. The van der Waals surface area contributed by atoms with E-state index >= 15 is 0 Å². The Bertz CT molecular complexity index is 1140. The van der Waals surface area contributed by atoms with Crippen LogP contribution in [0.1, 0.15) is 27.0 Å². The van der Waals surface area contributed by atoms with Crippen LogP contribution in [0.5, 0.6) is 5.75 Å². The number of hydrogen-bond acceptors (Lipinski definition) is 3. The minimum atomic E-state index is -1.41. The second-order valence-electron chi connectivity index (χ2n) is 6.79. The molecule has 0 aliphatic rings. The number of rotatable bonds is 7. The number of ether oxygens (including phenoxy) is 1. The van der Waals surface area contributed by atoms with Crippen LogP contribution in [-0.4, -0.2) is 17.0 Å². The summed E-state index contributed by atoms with van der Waals surface area (Å²) in [6.07, 6.45) is 1.23. The van der Waals surface area contributed by atoms with Crippen LogP contribution in [0.25, 0.3) is 6.08 Å². The average Bonchev–Trinajstić information content (AvgIpc) is 2.72. The fourth-order valence-corrected chi connectivity index (χ4v) is 2.81. The first kappa shape index (κ1) is 21.7. The number of carboxylic acid groups (broad SMARTS) is 1. The summed E-state index contributed by atoms with van der Waals surface area (Å²) in [5, 5.41) is 11.5. The minimum Gasteiger partial charge on any atom is -0.489 e. The van der Waals surface area contributed by atoms with Crippen molar-refractivity contribution in [2.24, 2.45) is 0 Å². The highest BCUT2D eigenvalue weighted by Gasteiger charge is 2.17. The van der Waals surface area contributed by atoms with Gasteiger partial charge in [-0.1, -0.05) is 42.0 Å². The molecule has 3 aromatic carbocycles. The Morgan fingerprint density at radius 2 is 1.77 bits per heavy atom. The number of amides is 1. The van der Waals surface area contributed by atoms with Gasteiger partial charge in [-0.05, 0) is 48.4 Å². The normalized spacial score (nSPS) is 11.1. The molecule has 3 rings (SSSR count). The molecule has 3 aromatic rings. The summed E-state index contributed by atoms with van der Waals surface area (Å²) in [5.74, 6) is -3.74. The van der Waals surface area contributed by atoms with Crippen molar-refractivity contribution in [2.45, 2.75) is 13.5 Å². The van der Waals surface area contributed by atoms with Crippen LogP contribution in [0.4, 0.5) is 8.78 Å². The van der Waals surface area contributed by atoms with Crippen LogP contribution in [0.15, 0.2) is 72.4 Å². The minimum absolute atomic E-state index is 0.385. The number of carboxylic acids is 1. The Morgan fingerprint density at radius 1 is 1.03 bits per heavy atom. The predicted molar refractivity (Wildman–Crippen MR) is 111 cm³/mol. The van der Waals surface area contributed by atoms with Crippen LogP contribution < -0.4 is 10.1 Å². The van der Waals surface area contributed by atoms with E-state index in [9.17, 15) is 23.5 Å². The summed E-state index contributed by atoms with van der Waals surface area (Å²) >= 11 is 0. The second-order valence-corrected chi connectivity index (χ2v) is 6.79. The second kappa shape index (κ2) is 9.67. The van der Waals surface area contributed by atoms with E-state index in [0.29, 0.717) is 24.0 Å². The third kappa shape index (κ3) is 5.99. The lowest BCUT2D eigenvalue weighted by Gasteiger charge is -2.09. The number of carbonyl (C=O) groups is 2. The molecule has 0 atom stereocenters. The zero-order valence-corrected chi connectivity index (χ0v) is 16.6. The number of benzene rings is 3. The zero-order chi connectivity index (χ0) is 22.4. The fraction of sp³-hybridized carbons (Fsp3) is 0.0833. The van der Waals surface area contributed by atoms with Gasteiger partial charge in [-0.3, -0.25) is 4.79 Å². The molecular formula is C24H19F2NO4. The monoisotopic (exact) mass is 423 g/mol. The Balaban J connectivity index is 1.70. The fourth-order valence-electron chi connectivity index (χ4n) is 2.81. The molecule has 158 valence electrons. The standard InChI is InChI=1S/C24H19F2NO4/c1-15-3-2-4-17(11-15)14-31-19-8-5-16(6-9-19)12-22(24(29)30)27-23(28)20-10-7-18(25)13-21(20)26/h2-13H,14H2,1H3,(H,27,28)(H,29,30). The van der Waals surface area contributed by atoms with E-state index in [-0.39, 0.29) is 0 Å². The molecule has 1 amide bonds. The molecule has 0 saturated heterocycles. The highest BCUT2D eigenvalue weighted by Crippen LogP contribution is 2.17. The first-order chi connectivity index (χ1) is 14.8. The van der Waals surface area contributed by atoms with Crippen molar-refractivity contribution in [1.29, 1.82) is 0 Å². The number of hydrogen-bond donors (Lipinski definition) is 2. The van der Waals surface area contributed by atoms with E-state index in [1.54, 1.807) is 24.3 Å². The quantitative estimate of drug-likeness (QED) is 0.540. The van der Waals surface area contributed by atoms with Gasteiger partial charge in [0.1, 0.15) is 29.7 Å². The highest BCUT2D eigenvalue weighted by molar-refractivity contribution is 6.02. The van der Waals surface area contributed by atoms with Gasteiger partial charge in [-0.2, -0.15) is 0 Å². The van der Waals surface area contributed by atoms with Crippen molar-refractivity contribution in [1.82, 2.24) is 5.32 Å². The molecular weight excluding hydrogens is 404 g/mol. The van der Waals surface area contributed by atoms with E-state index in [0.717, 1.165) is 23.3 Å². The van der Waals surface area contributed by atoms with E-state index in [1.807, 2.05) is 31.2 Å². The maximum atomic E-state index is 13.8. The summed E-state index contributed by atoms with van der Waals surface area (Å²) in [4.78, 5) is 23.7. The van der Waals surface area contributed by atoms with Gasteiger partial charge < -0.3 is 15.2 Å². The molecule has 0 fully saturated rings. The number of carbonyl (C=O) groups excluding carboxylic acids is 1. The van der Waals surface area contributed by atoms with Crippen LogP contribution >= 0.6 is 0 Å². The first-order valence-corrected chi connectivity index (χ1v) is 9.31. The average molecular weight is 423 g/mol. The van der Waals surface area contributed by atoms with Crippen molar-refractivity contribution in [2.75, 3.05) is 0 Å². The van der Waals surface area contributed by atoms with Crippen molar-refractivity contribution in [3.8, 4) is 5.75 Å². The molecule has 0 unspecified atom stereocenters. The van der Waals surface area contributed by atoms with Gasteiger partial charge in [-0.25, -0.2) is 13.6 Å². The molecule has 31 heavy (non-hydrogen) atoms. The van der Waals surface area contributed by atoms with E-state index in [4.69, 9.17) is 4.74 Å². The van der Waals surface area contributed by atoms with E-state index < -0.39 is 34.8 Å². The molecule has 5 nitrogen and oxygen atoms in total. The van der Waals surface area contributed by atoms with Crippen LogP contribution in [0, 0.1) is 18.6 Å². The largest absolute Gasteiger partial charge is 0.489 e. The van der Waals surface area contributed by atoms with Crippen molar-refractivity contribution < 1.29 is 28.2 Å². The van der Waals surface area contributed by atoms with Crippen LogP contribution in [0.2, 0.25) is 0 Å². The lowest BCUT2D eigenvalue weighted by molar-refractivity contribution is -0.132. The predicted octanol–water partition coefficient (Wildman–Crippen LogP) is 4.71. The molecule has 0 aliphatic heterocycles. The van der Waals surface area contributed by atoms with Crippen LogP contribution in [0.3, 0.4) is 0 Å². The van der Waals surface area contributed by atoms with Gasteiger partial charge in [0.15, 0.2) is 0 Å². The number of nitrogens with one attached hydrogen (secondary N) is 1. The van der Waals surface area contributed by atoms with Gasteiger partial charge in [-0.15, -0.1) is 0 Å². The summed E-state index contributed by atoms with van der Waals surface area (Å²) in [7, 11) is 0. The van der Waals surface area contributed by atoms with Gasteiger partial charge in [0.2, 0.25) is 0 Å². The highest BCUT2D eigenvalue weighted by atomic mass is 19.1. The maximum absolute atomic E-state index is 13.8. The molecule has 0 heterocycles. The van der Waals surface area contributed by atoms with Gasteiger partial charge >= 0.3 is 5.97 Å². The lowest BCUT2D eigenvalue weighted by atomic mass is 10.1. The number of aryl methyl sites for hydroxylation is 1. The molecule has 0 aromatic heterocycles. The zero-order valence-electron chi connectivity index (χ0n) is 16.6. The van der Waals surface area contributed by atoms with Gasteiger partial charge in [0.25, 0.3) is 5.91 Å². The van der Waals surface area contributed by atoms with Crippen molar-refractivity contribution in [3.05, 3.63) is 106 Å². The number of aliphatic carboxylic acids is 1. The van der Waals surface area contributed by atoms with Crippen molar-refractivity contribution in [3.63, 3.8) is 0 Å². The topological polar surface area (TPSA) is 75.6 Å².